The molecule has 20 heavy (non-hydrogen) atoms. The van der Waals surface area contributed by atoms with Gasteiger partial charge in [-0.05, 0) is 43.9 Å². The monoisotopic (exact) mass is 278 g/mol. The number of ether oxygens (including phenoxy) is 1. The molecule has 1 rings (SSSR count). The van der Waals surface area contributed by atoms with Crippen LogP contribution < -0.4 is 11.1 Å². The predicted octanol–water partition coefficient (Wildman–Crippen LogP) is 2.69. The zero-order chi connectivity index (χ0) is 15.0. The summed E-state index contributed by atoms with van der Waals surface area (Å²) in [6, 6.07) is 7.69. The first-order chi connectivity index (χ1) is 9.49. The second-order valence-corrected chi connectivity index (χ2v) is 5.39. The summed E-state index contributed by atoms with van der Waals surface area (Å²) in [4.78, 5) is 11.8. The molecule has 0 aliphatic carbocycles. The SMILES string of the molecule is CC(C)OCCCNC(=O)CC(C)c1ccc(N)cc1. The number of rotatable bonds is 8. The van der Waals surface area contributed by atoms with E-state index in [1.165, 1.54) is 0 Å². The van der Waals surface area contributed by atoms with Gasteiger partial charge in [0.2, 0.25) is 5.91 Å². The molecule has 0 heterocycles. The lowest BCUT2D eigenvalue weighted by Crippen LogP contribution is -2.26. The Hall–Kier alpha value is -1.55. The highest BCUT2D eigenvalue weighted by molar-refractivity contribution is 5.76. The van der Waals surface area contributed by atoms with Crippen molar-refractivity contribution in [1.29, 1.82) is 0 Å². The molecule has 0 aromatic heterocycles. The standard InChI is InChI=1S/C16H26N2O2/c1-12(2)20-10-4-9-18-16(19)11-13(3)14-5-7-15(17)8-6-14/h5-8,12-13H,4,9-11,17H2,1-3H3,(H,18,19). The van der Waals surface area contributed by atoms with Gasteiger partial charge in [0.15, 0.2) is 0 Å². The largest absolute Gasteiger partial charge is 0.399 e. The van der Waals surface area contributed by atoms with Crippen LogP contribution in [-0.4, -0.2) is 25.2 Å². The Labute approximate surface area is 121 Å². The molecule has 0 saturated heterocycles. The van der Waals surface area contributed by atoms with E-state index in [1.54, 1.807) is 0 Å². The van der Waals surface area contributed by atoms with Gasteiger partial charge in [0.05, 0.1) is 6.10 Å². The van der Waals surface area contributed by atoms with Crippen molar-refractivity contribution in [2.45, 2.75) is 45.6 Å². The van der Waals surface area contributed by atoms with E-state index in [0.29, 0.717) is 19.6 Å². The highest BCUT2D eigenvalue weighted by Gasteiger charge is 2.10. The third-order valence-corrected chi connectivity index (χ3v) is 3.09. The molecule has 4 nitrogen and oxygen atoms in total. The molecule has 0 aliphatic heterocycles. The fourth-order valence-electron chi connectivity index (χ4n) is 1.91. The molecule has 1 aromatic rings. The molecule has 0 fully saturated rings. The molecular formula is C16H26N2O2. The minimum Gasteiger partial charge on any atom is -0.399 e. The topological polar surface area (TPSA) is 64.3 Å². The maximum atomic E-state index is 11.8. The average Bonchev–Trinajstić information content (AvgIpc) is 2.38. The molecule has 1 unspecified atom stereocenters. The summed E-state index contributed by atoms with van der Waals surface area (Å²) in [7, 11) is 0. The number of hydrogen-bond donors (Lipinski definition) is 2. The van der Waals surface area contributed by atoms with Crippen LogP contribution in [0.1, 0.15) is 45.1 Å². The second kappa shape index (κ2) is 8.59. The van der Waals surface area contributed by atoms with Crippen LogP contribution in [0.2, 0.25) is 0 Å². The fraction of sp³-hybridized carbons (Fsp3) is 0.562. The molecule has 112 valence electrons. The lowest BCUT2D eigenvalue weighted by Gasteiger charge is -2.12. The van der Waals surface area contributed by atoms with Crippen LogP contribution >= 0.6 is 0 Å². The van der Waals surface area contributed by atoms with E-state index in [1.807, 2.05) is 45.0 Å². The summed E-state index contributed by atoms with van der Waals surface area (Å²) in [6.07, 6.45) is 1.59. The third-order valence-electron chi connectivity index (χ3n) is 3.09. The number of carbonyl (C=O) groups is 1. The highest BCUT2D eigenvalue weighted by atomic mass is 16.5. The van der Waals surface area contributed by atoms with Gasteiger partial charge >= 0.3 is 0 Å². The van der Waals surface area contributed by atoms with Crippen molar-refractivity contribution in [3.63, 3.8) is 0 Å². The number of nitrogens with one attached hydrogen (secondary N) is 1. The molecule has 0 spiro atoms. The molecule has 1 atom stereocenters. The Kier molecular flexibility index (Phi) is 7.09. The molecule has 1 amide bonds. The fourth-order valence-corrected chi connectivity index (χ4v) is 1.91. The molecular weight excluding hydrogens is 252 g/mol. The Balaban J connectivity index is 2.23. The normalized spacial score (nSPS) is 12.4. The lowest BCUT2D eigenvalue weighted by molar-refractivity contribution is -0.121. The molecule has 0 saturated carbocycles. The first-order valence-corrected chi connectivity index (χ1v) is 7.22. The molecule has 1 aromatic carbocycles. The Bertz CT molecular complexity index is 401. The number of amides is 1. The van der Waals surface area contributed by atoms with E-state index >= 15 is 0 Å². The Morgan fingerprint density at radius 3 is 2.50 bits per heavy atom. The van der Waals surface area contributed by atoms with Crippen molar-refractivity contribution in [2.75, 3.05) is 18.9 Å². The molecule has 0 bridgehead atoms. The molecule has 3 N–H and O–H groups in total. The third kappa shape index (κ3) is 6.57. The Morgan fingerprint density at radius 2 is 1.90 bits per heavy atom. The van der Waals surface area contributed by atoms with Gasteiger partial charge in [-0.3, -0.25) is 4.79 Å². The number of benzene rings is 1. The van der Waals surface area contributed by atoms with Crippen LogP contribution in [0.4, 0.5) is 5.69 Å². The highest BCUT2D eigenvalue weighted by Crippen LogP contribution is 2.19. The van der Waals surface area contributed by atoms with Gasteiger partial charge in [0, 0.05) is 25.3 Å². The Morgan fingerprint density at radius 1 is 1.25 bits per heavy atom. The average molecular weight is 278 g/mol. The number of anilines is 1. The summed E-state index contributed by atoms with van der Waals surface area (Å²) < 4.78 is 5.42. The van der Waals surface area contributed by atoms with Gasteiger partial charge in [-0.1, -0.05) is 19.1 Å². The number of nitrogens with two attached hydrogens (primary N) is 1. The van der Waals surface area contributed by atoms with Crippen LogP contribution in [0.25, 0.3) is 0 Å². The number of carbonyl (C=O) groups excluding carboxylic acids is 1. The van der Waals surface area contributed by atoms with Gasteiger partial charge in [-0.2, -0.15) is 0 Å². The van der Waals surface area contributed by atoms with Gasteiger partial charge in [-0.15, -0.1) is 0 Å². The van der Waals surface area contributed by atoms with E-state index in [-0.39, 0.29) is 17.9 Å². The van der Waals surface area contributed by atoms with E-state index in [4.69, 9.17) is 10.5 Å². The maximum absolute atomic E-state index is 11.8. The minimum absolute atomic E-state index is 0.0823. The van der Waals surface area contributed by atoms with Crippen LogP contribution in [-0.2, 0) is 9.53 Å². The van der Waals surface area contributed by atoms with Crippen LogP contribution in [0.5, 0.6) is 0 Å². The zero-order valence-corrected chi connectivity index (χ0v) is 12.7. The summed E-state index contributed by atoms with van der Waals surface area (Å²) in [5.41, 5.74) is 7.53. The number of nitrogen functional groups attached to an aromatic ring is 1. The van der Waals surface area contributed by atoms with Crippen molar-refractivity contribution >= 4 is 11.6 Å². The summed E-state index contributed by atoms with van der Waals surface area (Å²) in [5, 5.41) is 2.92. The van der Waals surface area contributed by atoms with Crippen molar-refractivity contribution in [3.8, 4) is 0 Å². The second-order valence-electron chi connectivity index (χ2n) is 5.39. The first kappa shape index (κ1) is 16.5. The van der Waals surface area contributed by atoms with Crippen molar-refractivity contribution in [3.05, 3.63) is 29.8 Å². The summed E-state index contributed by atoms with van der Waals surface area (Å²) >= 11 is 0. The van der Waals surface area contributed by atoms with Gasteiger partial charge in [-0.25, -0.2) is 0 Å². The maximum Gasteiger partial charge on any atom is 0.220 e. The lowest BCUT2D eigenvalue weighted by atomic mass is 9.97. The van der Waals surface area contributed by atoms with Crippen molar-refractivity contribution in [2.24, 2.45) is 0 Å². The van der Waals surface area contributed by atoms with E-state index in [2.05, 4.69) is 5.32 Å². The molecule has 4 heteroatoms. The van der Waals surface area contributed by atoms with Crippen LogP contribution in [0, 0.1) is 0 Å². The van der Waals surface area contributed by atoms with E-state index < -0.39 is 0 Å². The minimum atomic E-state index is 0.0823. The summed E-state index contributed by atoms with van der Waals surface area (Å²) in [5.74, 6) is 0.279. The van der Waals surface area contributed by atoms with E-state index in [0.717, 1.165) is 17.7 Å². The zero-order valence-electron chi connectivity index (χ0n) is 12.7. The van der Waals surface area contributed by atoms with Gasteiger partial charge in [0.25, 0.3) is 0 Å². The van der Waals surface area contributed by atoms with Crippen molar-refractivity contribution in [1.82, 2.24) is 5.32 Å². The predicted molar refractivity (Wildman–Crippen MR) is 82.6 cm³/mol. The molecule has 0 radical (unpaired) electrons. The quantitative estimate of drug-likeness (QED) is 0.567. The first-order valence-electron chi connectivity index (χ1n) is 7.22. The van der Waals surface area contributed by atoms with Crippen LogP contribution in [0.3, 0.4) is 0 Å². The summed E-state index contributed by atoms with van der Waals surface area (Å²) in [6.45, 7) is 7.41. The smallest absolute Gasteiger partial charge is 0.220 e. The molecule has 0 aliphatic rings. The van der Waals surface area contributed by atoms with Crippen LogP contribution in [0.15, 0.2) is 24.3 Å². The van der Waals surface area contributed by atoms with Gasteiger partial charge < -0.3 is 15.8 Å². The van der Waals surface area contributed by atoms with E-state index in [9.17, 15) is 4.79 Å². The van der Waals surface area contributed by atoms with Crippen molar-refractivity contribution < 1.29 is 9.53 Å². The number of hydrogen-bond acceptors (Lipinski definition) is 3. The van der Waals surface area contributed by atoms with Gasteiger partial charge in [0.1, 0.15) is 0 Å².